The predicted octanol–water partition coefficient (Wildman–Crippen LogP) is 16.9. The Bertz CT molecular complexity index is 3810. The van der Waals surface area contributed by atoms with Gasteiger partial charge in [-0.1, -0.05) is 214 Å². The molecular weight excluding hydrogens is 918 g/mol. The summed E-state index contributed by atoms with van der Waals surface area (Å²) in [6, 6.07) is 98.7. The molecule has 0 saturated heterocycles. The molecule has 2 aliphatic heterocycles. The quantitative estimate of drug-likeness (QED) is 0.134. The minimum Gasteiger partial charge on any atom is -0.310 e. The van der Waals surface area contributed by atoms with Gasteiger partial charge in [-0.15, -0.1) is 0 Å². The van der Waals surface area contributed by atoms with Crippen LogP contribution in [0.3, 0.4) is 0 Å². The lowest BCUT2D eigenvalue weighted by Crippen LogP contribution is -2.66. The van der Waals surface area contributed by atoms with Crippen molar-refractivity contribution in [1.82, 2.24) is 4.57 Å². The van der Waals surface area contributed by atoms with Crippen LogP contribution in [0.1, 0.15) is 49.9 Å². The van der Waals surface area contributed by atoms with Crippen molar-refractivity contribution in [2.75, 3.05) is 9.80 Å². The number of anilines is 6. The predicted molar refractivity (Wildman–Crippen MR) is 323 cm³/mol. The van der Waals surface area contributed by atoms with E-state index in [1.165, 1.54) is 77.4 Å². The van der Waals surface area contributed by atoms with Gasteiger partial charge in [-0.3, -0.25) is 0 Å². The van der Waals surface area contributed by atoms with Gasteiger partial charge >= 0.3 is 0 Å². The molecule has 0 N–H and O–H groups in total. The lowest BCUT2D eigenvalue weighted by molar-refractivity contribution is 0.621. The van der Waals surface area contributed by atoms with Gasteiger partial charge in [0.05, 0.1) is 11.0 Å². The molecule has 4 heteroatoms. The van der Waals surface area contributed by atoms with E-state index in [1.54, 1.807) is 0 Å². The van der Waals surface area contributed by atoms with Gasteiger partial charge in [0.1, 0.15) is 0 Å². The highest BCUT2D eigenvalue weighted by atomic mass is 15.1. The summed E-state index contributed by atoms with van der Waals surface area (Å²) < 4.78 is 2.56. The maximum atomic E-state index is 2.56. The summed E-state index contributed by atoms with van der Waals surface area (Å²) in [5, 5.41) is 2.37. The maximum Gasteiger partial charge on any atom is 0.242 e. The second-order valence-corrected chi connectivity index (χ2v) is 21.7. The van der Waals surface area contributed by atoms with Crippen LogP contribution in [-0.2, 0) is 10.8 Å². The van der Waals surface area contributed by atoms with Gasteiger partial charge in [-0.05, 0) is 142 Å². The molecule has 0 radical (unpaired) electrons. The van der Waals surface area contributed by atoms with Gasteiger partial charge < -0.3 is 14.4 Å². The standard InChI is InChI=1S/C72H56BN3/c1-71(2)62-43-51(49-23-11-5-12-24-49)35-39-66(62)73-67-40-36-52(50-25-13-6-14-26-50)44-63(67)72(3,4)65-48-59(47-64(71)70(65)73)76-68-41-37-57(74(53-27-15-7-16-28-53)54-29-17-8-18-30-54)45-60(68)61-46-58(38-42-69(61)76)75(55-31-19-9-20-32-55)56-33-21-10-22-34-56/h5-48H,1-4H3. The van der Waals surface area contributed by atoms with E-state index in [4.69, 9.17) is 0 Å². The molecule has 362 valence electrons. The van der Waals surface area contributed by atoms with E-state index in [0.717, 1.165) is 45.2 Å². The summed E-state index contributed by atoms with van der Waals surface area (Å²) in [4.78, 5) is 4.76. The second-order valence-electron chi connectivity index (χ2n) is 21.7. The Labute approximate surface area is 446 Å². The molecule has 0 unspecified atom stereocenters. The highest BCUT2D eigenvalue weighted by Gasteiger charge is 2.48. The third kappa shape index (κ3) is 7.27. The third-order valence-electron chi connectivity index (χ3n) is 16.7. The highest BCUT2D eigenvalue weighted by molar-refractivity contribution is 6.97. The topological polar surface area (TPSA) is 11.4 Å². The molecule has 2 aliphatic rings. The van der Waals surface area contributed by atoms with Gasteiger partial charge in [-0.2, -0.15) is 0 Å². The van der Waals surface area contributed by atoms with E-state index in [1.807, 2.05) is 0 Å². The van der Waals surface area contributed by atoms with Crippen LogP contribution in [0.25, 0.3) is 49.7 Å². The number of hydrogen-bond acceptors (Lipinski definition) is 2. The zero-order valence-electron chi connectivity index (χ0n) is 43.3. The molecule has 0 atom stereocenters. The molecule has 76 heavy (non-hydrogen) atoms. The fourth-order valence-corrected chi connectivity index (χ4v) is 13.0. The van der Waals surface area contributed by atoms with Crippen molar-refractivity contribution in [2.45, 2.75) is 38.5 Å². The number of aromatic nitrogens is 1. The normalized spacial score (nSPS) is 13.7. The monoisotopic (exact) mass is 973 g/mol. The van der Waals surface area contributed by atoms with E-state index in [2.05, 4.69) is 309 Å². The summed E-state index contributed by atoms with van der Waals surface area (Å²) in [6.07, 6.45) is 0. The Hall–Kier alpha value is -9.12. The smallest absolute Gasteiger partial charge is 0.242 e. The Kier molecular flexibility index (Phi) is 10.6. The van der Waals surface area contributed by atoms with E-state index < -0.39 is 0 Å². The molecule has 12 aromatic rings. The number of benzene rings is 11. The molecule has 0 spiro atoms. The van der Waals surface area contributed by atoms with Crippen LogP contribution in [-0.4, -0.2) is 11.3 Å². The minimum absolute atomic E-state index is 0.0759. The lowest BCUT2D eigenvalue weighted by Gasteiger charge is -2.47. The molecule has 11 aromatic carbocycles. The van der Waals surface area contributed by atoms with Crippen LogP contribution >= 0.6 is 0 Å². The van der Waals surface area contributed by atoms with Gasteiger partial charge in [0.25, 0.3) is 0 Å². The van der Waals surface area contributed by atoms with Crippen LogP contribution in [0.5, 0.6) is 0 Å². The van der Waals surface area contributed by atoms with Crippen LogP contribution in [0.2, 0.25) is 0 Å². The Morgan fingerprint density at radius 1 is 0.303 bits per heavy atom. The number of para-hydroxylation sites is 4. The molecule has 3 heterocycles. The zero-order valence-corrected chi connectivity index (χ0v) is 43.3. The van der Waals surface area contributed by atoms with Crippen LogP contribution < -0.4 is 26.2 Å². The first-order valence-electron chi connectivity index (χ1n) is 26.7. The maximum absolute atomic E-state index is 2.56. The number of nitrogens with zero attached hydrogens (tertiary/aromatic N) is 3. The SMILES string of the molecule is CC1(C)c2cc(-c3ccccc3)ccc2B2c3ccc(-c4ccccc4)cc3C(C)(C)c3cc(-n4c5ccc(N(c6ccccc6)c6ccccc6)cc5c5cc(N(c6ccccc6)c6ccccc6)ccc54)cc1c32. The largest absolute Gasteiger partial charge is 0.310 e. The van der Waals surface area contributed by atoms with E-state index in [-0.39, 0.29) is 17.5 Å². The molecule has 0 amide bonds. The van der Waals surface area contributed by atoms with E-state index in [0.29, 0.717) is 0 Å². The molecule has 0 aliphatic carbocycles. The Balaban J connectivity index is 1.05. The van der Waals surface area contributed by atoms with E-state index in [9.17, 15) is 0 Å². The molecular formula is C72H56BN3. The fraction of sp³-hybridized carbons (Fsp3) is 0.0833. The van der Waals surface area contributed by atoms with Gasteiger partial charge in [0.15, 0.2) is 0 Å². The van der Waals surface area contributed by atoms with Crippen molar-refractivity contribution in [3.05, 3.63) is 289 Å². The van der Waals surface area contributed by atoms with Crippen molar-refractivity contribution < 1.29 is 0 Å². The van der Waals surface area contributed by atoms with Crippen LogP contribution in [0, 0.1) is 0 Å². The van der Waals surface area contributed by atoms with Crippen LogP contribution in [0.4, 0.5) is 34.1 Å². The number of rotatable bonds is 9. The second kappa shape index (κ2) is 17.8. The summed E-state index contributed by atoms with van der Waals surface area (Å²) in [6.45, 7) is 9.93. The van der Waals surface area contributed by atoms with Crippen molar-refractivity contribution in [1.29, 1.82) is 0 Å². The van der Waals surface area contributed by atoms with Gasteiger partial charge in [0, 0.05) is 61.4 Å². The first-order chi connectivity index (χ1) is 37.2. The van der Waals surface area contributed by atoms with Crippen molar-refractivity contribution in [3.63, 3.8) is 0 Å². The Morgan fingerprint density at radius 2 is 0.645 bits per heavy atom. The van der Waals surface area contributed by atoms with Crippen molar-refractivity contribution in [2.24, 2.45) is 0 Å². The zero-order chi connectivity index (χ0) is 51.1. The summed E-state index contributed by atoms with van der Waals surface area (Å²) in [7, 11) is 0. The van der Waals surface area contributed by atoms with Crippen molar-refractivity contribution in [3.8, 4) is 27.9 Å². The summed E-state index contributed by atoms with van der Waals surface area (Å²) in [5.74, 6) is 0. The molecule has 3 nitrogen and oxygen atoms in total. The molecule has 1 aromatic heterocycles. The van der Waals surface area contributed by atoms with E-state index >= 15 is 0 Å². The lowest BCUT2D eigenvalue weighted by atomic mass is 9.27. The third-order valence-corrected chi connectivity index (χ3v) is 16.7. The molecule has 0 bridgehead atoms. The first kappa shape index (κ1) is 45.5. The number of fused-ring (bicyclic) bond motifs is 7. The van der Waals surface area contributed by atoms with Gasteiger partial charge in [-0.25, -0.2) is 0 Å². The van der Waals surface area contributed by atoms with Gasteiger partial charge in [0.2, 0.25) is 6.71 Å². The molecule has 0 fully saturated rings. The summed E-state index contributed by atoms with van der Waals surface area (Å²) in [5.41, 5.74) is 24.2. The van der Waals surface area contributed by atoms with Crippen molar-refractivity contribution >= 4 is 79.0 Å². The minimum atomic E-state index is -0.328. The number of hydrogen-bond donors (Lipinski definition) is 0. The average Bonchev–Trinajstić information content (AvgIpc) is 3.83. The summed E-state index contributed by atoms with van der Waals surface area (Å²) >= 11 is 0. The fourth-order valence-electron chi connectivity index (χ4n) is 13.0. The molecule has 14 rings (SSSR count). The average molecular weight is 974 g/mol. The first-order valence-corrected chi connectivity index (χ1v) is 26.7. The highest BCUT2D eigenvalue weighted by Crippen LogP contribution is 2.47. The van der Waals surface area contributed by atoms with Crippen LogP contribution in [0.15, 0.2) is 267 Å². The molecule has 0 saturated carbocycles. The Morgan fingerprint density at radius 3 is 1.00 bits per heavy atom.